The smallest absolute Gasteiger partial charge is 0.261 e. The van der Waals surface area contributed by atoms with Gasteiger partial charge in [0.25, 0.3) is 5.56 Å². The van der Waals surface area contributed by atoms with Crippen LogP contribution in [0.3, 0.4) is 0 Å². The highest BCUT2D eigenvalue weighted by molar-refractivity contribution is 5.95. The lowest BCUT2D eigenvalue weighted by atomic mass is 10.1. The predicted octanol–water partition coefficient (Wildman–Crippen LogP) is 2.62. The number of rotatable bonds is 5. The van der Waals surface area contributed by atoms with E-state index in [9.17, 15) is 9.59 Å². The Morgan fingerprint density at radius 2 is 2.03 bits per heavy atom. The third-order valence-electron chi connectivity index (χ3n) is 6.04. The molecule has 1 amide bonds. The van der Waals surface area contributed by atoms with Crippen LogP contribution in [0.5, 0.6) is 5.75 Å². The largest absolute Gasteiger partial charge is 0.497 e. The highest BCUT2D eigenvalue weighted by atomic mass is 16.5. The van der Waals surface area contributed by atoms with Crippen molar-refractivity contribution in [2.24, 2.45) is 0 Å². The fraction of sp³-hybridized carbons (Fsp3) is 0.320. The number of hydrogen-bond donors (Lipinski definition) is 1. The van der Waals surface area contributed by atoms with Gasteiger partial charge in [-0.3, -0.25) is 19.1 Å². The number of fused-ring (bicyclic) bond motifs is 2. The molecule has 33 heavy (non-hydrogen) atoms. The lowest BCUT2D eigenvalue weighted by Crippen LogP contribution is -2.41. The Morgan fingerprint density at radius 1 is 1.18 bits per heavy atom. The van der Waals surface area contributed by atoms with Crippen molar-refractivity contribution < 1.29 is 14.3 Å². The first kappa shape index (κ1) is 21.4. The summed E-state index contributed by atoms with van der Waals surface area (Å²) in [4.78, 5) is 32.4. The van der Waals surface area contributed by atoms with E-state index in [1.165, 1.54) is 0 Å². The molecule has 1 fully saturated rings. The topological polar surface area (TPSA) is 85.7 Å². The maximum absolute atomic E-state index is 13.1. The van der Waals surface area contributed by atoms with Crippen LogP contribution in [0.15, 0.2) is 47.3 Å². The number of nitrogens with one attached hydrogen (secondary N) is 1. The first-order chi connectivity index (χ1) is 16.1. The lowest BCUT2D eigenvalue weighted by Gasteiger charge is -2.25. The SMILES string of the molecule is COc1cccc(C=C2CCn3c2nc2cc(NC(=O)CN4CCOCC4)ccc2c3=O)c1. The molecule has 2 aromatic carbocycles. The number of hydrogen-bond acceptors (Lipinski definition) is 6. The van der Waals surface area contributed by atoms with E-state index < -0.39 is 0 Å². The lowest BCUT2D eigenvalue weighted by molar-refractivity contribution is -0.118. The molecule has 2 aliphatic rings. The number of ether oxygens (including phenoxy) is 2. The highest BCUT2D eigenvalue weighted by Gasteiger charge is 2.21. The Morgan fingerprint density at radius 3 is 2.85 bits per heavy atom. The van der Waals surface area contributed by atoms with E-state index in [0.29, 0.717) is 48.7 Å². The second kappa shape index (κ2) is 9.17. The standard InChI is InChI=1S/C25H26N4O4/c1-32-20-4-2-3-17(14-20)13-18-7-8-29-24(18)27-22-15-19(5-6-21(22)25(29)31)26-23(30)16-28-9-11-33-12-10-28/h2-6,13-15H,7-12,16H2,1H3,(H,26,30). The zero-order chi connectivity index (χ0) is 22.8. The molecule has 1 aromatic heterocycles. The first-order valence-electron chi connectivity index (χ1n) is 11.1. The summed E-state index contributed by atoms with van der Waals surface area (Å²) in [6.45, 7) is 3.71. The van der Waals surface area contributed by atoms with E-state index >= 15 is 0 Å². The van der Waals surface area contributed by atoms with E-state index in [4.69, 9.17) is 14.5 Å². The van der Waals surface area contributed by atoms with Gasteiger partial charge in [0.2, 0.25) is 5.91 Å². The van der Waals surface area contributed by atoms with Crippen LogP contribution in [0.4, 0.5) is 5.69 Å². The molecule has 2 aliphatic heterocycles. The molecule has 0 unspecified atom stereocenters. The van der Waals surface area contributed by atoms with Crippen molar-refractivity contribution in [1.82, 2.24) is 14.5 Å². The highest BCUT2D eigenvalue weighted by Crippen LogP contribution is 2.29. The van der Waals surface area contributed by atoms with E-state index in [-0.39, 0.29) is 11.5 Å². The van der Waals surface area contributed by atoms with Gasteiger partial charge < -0.3 is 14.8 Å². The summed E-state index contributed by atoms with van der Waals surface area (Å²) in [5.41, 5.74) is 3.15. The molecule has 0 radical (unpaired) electrons. The van der Waals surface area contributed by atoms with Gasteiger partial charge in [0, 0.05) is 25.3 Å². The van der Waals surface area contributed by atoms with Crippen molar-refractivity contribution in [1.29, 1.82) is 0 Å². The Kier molecular flexibility index (Phi) is 5.93. The Bertz CT molecular complexity index is 1290. The number of allylic oxidation sites excluding steroid dienone is 1. The van der Waals surface area contributed by atoms with E-state index in [2.05, 4.69) is 10.2 Å². The normalized spacial score (nSPS) is 17.3. The molecule has 3 aromatic rings. The van der Waals surface area contributed by atoms with Crippen molar-refractivity contribution in [3.05, 3.63) is 64.2 Å². The van der Waals surface area contributed by atoms with Crippen LogP contribution in [0, 0.1) is 0 Å². The van der Waals surface area contributed by atoms with Gasteiger partial charge in [-0.25, -0.2) is 4.98 Å². The van der Waals surface area contributed by atoms with E-state index in [1.807, 2.05) is 30.3 Å². The number of benzene rings is 2. The van der Waals surface area contributed by atoms with Gasteiger partial charge in [-0.05, 0) is 54.0 Å². The van der Waals surface area contributed by atoms with Gasteiger partial charge in [-0.15, -0.1) is 0 Å². The summed E-state index contributed by atoms with van der Waals surface area (Å²) >= 11 is 0. The molecule has 0 bridgehead atoms. The molecule has 1 N–H and O–H groups in total. The summed E-state index contributed by atoms with van der Waals surface area (Å²) in [6, 6.07) is 13.1. The van der Waals surface area contributed by atoms with Gasteiger partial charge in [-0.1, -0.05) is 12.1 Å². The summed E-state index contributed by atoms with van der Waals surface area (Å²) in [7, 11) is 1.64. The molecule has 0 spiro atoms. The molecule has 0 saturated carbocycles. The van der Waals surface area contributed by atoms with Crippen LogP contribution >= 0.6 is 0 Å². The second-order valence-corrected chi connectivity index (χ2v) is 8.26. The Hall–Kier alpha value is -3.49. The molecule has 170 valence electrons. The van der Waals surface area contributed by atoms with Crippen LogP contribution in [0.2, 0.25) is 0 Å². The molecular weight excluding hydrogens is 420 g/mol. The number of aromatic nitrogens is 2. The molecule has 1 saturated heterocycles. The van der Waals surface area contributed by atoms with Crippen LogP contribution < -0.4 is 15.6 Å². The van der Waals surface area contributed by atoms with Gasteiger partial charge in [0.15, 0.2) is 0 Å². The van der Waals surface area contributed by atoms with Crippen molar-refractivity contribution >= 4 is 34.1 Å². The molecule has 0 atom stereocenters. The number of carbonyl (C=O) groups excluding carboxylic acids is 1. The minimum absolute atomic E-state index is 0.0600. The molecule has 8 heteroatoms. The van der Waals surface area contributed by atoms with Crippen LogP contribution in [-0.2, 0) is 16.1 Å². The van der Waals surface area contributed by atoms with E-state index in [1.54, 1.807) is 29.9 Å². The first-order valence-corrected chi connectivity index (χ1v) is 11.1. The number of morpholine rings is 1. The molecule has 5 rings (SSSR count). The van der Waals surface area contributed by atoms with Crippen molar-refractivity contribution in [3.63, 3.8) is 0 Å². The van der Waals surface area contributed by atoms with Gasteiger partial charge in [-0.2, -0.15) is 0 Å². The minimum Gasteiger partial charge on any atom is -0.497 e. The van der Waals surface area contributed by atoms with Crippen LogP contribution in [0.25, 0.3) is 22.6 Å². The second-order valence-electron chi connectivity index (χ2n) is 8.26. The third-order valence-corrected chi connectivity index (χ3v) is 6.04. The van der Waals surface area contributed by atoms with Crippen molar-refractivity contribution in [2.45, 2.75) is 13.0 Å². The van der Waals surface area contributed by atoms with Gasteiger partial charge in [0.05, 0.1) is 37.8 Å². The number of nitrogens with zero attached hydrogens (tertiary/aromatic N) is 3. The van der Waals surface area contributed by atoms with Gasteiger partial charge >= 0.3 is 0 Å². The summed E-state index contributed by atoms with van der Waals surface area (Å²) in [6.07, 6.45) is 2.78. The monoisotopic (exact) mass is 446 g/mol. The third kappa shape index (κ3) is 4.53. The Labute approximate surface area is 191 Å². The summed E-state index contributed by atoms with van der Waals surface area (Å²) in [5.74, 6) is 1.36. The van der Waals surface area contributed by atoms with Crippen molar-refractivity contribution in [3.8, 4) is 5.75 Å². The number of anilines is 1. The minimum atomic E-state index is -0.0901. The molecule has 0 aliphatic carbocycles. The molecule has 8 nitrogen and oxygen atoms in total. The Balaban J connectivity index is 1.42. The van der Waals surface area contributed by atoms with Crippen LogP contribution in [-0.4, -0.2) is 60.3 Å². The van der Waals surface area contributed by atoms with Gasteiger partial charge in [0.1, 0.15) is 11.6 Å². The fourth-order valence-corrected chi connectivity index (χ4v) is 4.33. The quantitative estimate of drug-likeness (QED) is 0.649. The van der Waals surface area contributed by atoms with Crippen LogP contribution in [0.1, 0.15) is 17.8 Å². The van der Waals surface area contributed by atoms with Crippen molar-refractivity contribution in [2.75, 3.05) is 45.3 Å². The molecule has 3 heterocycles. The summed E-state index contributed by atoms with van der Waals surface area (Å²) in [5, 5.41) is 3.48. The average molecular weight is 447 g/mol. The number of methoxy groups -OCH3 is 1. The zero-order valence-electron chi connectivity index (χ0n) is 18.5. The maximum Gasteiger partial charge on any atom is 0.261 e. The predicted molar refractivity (Wildman–Crippen MR) is 127 cm³/mol. The summed E-state index contributed by atoms with van der Waals surface area (Å²) < 4.78 is 12.4. The maximum atomic E-state index is 13.1. The fourth-order valence-electron chi connectivity index (χ4n) is 4.33. The molecular formula is C25H26N4O4. The number of carbonyl (C=O) groups is 1. The average Bonchev–Trinajstić information content (AvgIpc) is 3.22. The van der Waals surface area contributed by atoms with E-state index in [0.717, 1.165) is 36.4 Å². The zero-order valence-corrected chi connectivity index (χ0v) is 18.5. The number of amides is 1.